The first-order valence-electron chi connectivity index (χ1n) is 3.52. The summed E-state index contributed by atoms with van der Waals surface area (Å²) in [6.07, 6.45) is 0.130. The third kappa shape index (κ3) is 0.964. The van der Waals surface area contributed by atoms with Gasteiger partial charge in [-0.15, -0.1) is 0 Å². The first kappa shape index (κ1) is 7.23. The number of oxime groups is 1. The molecule has 1 aromatic rings. The first-order valence-corrected chi connectivity index (χ1v) is 3.52. The number of nitrogens with zero attached hydrogens (tertiary/aromatic N) is 3. The summed E-state index contributed by atoms with van der Waals surface area (Å²) < 4.78 is 4.44. The minimum Gasteiger partial charge on any atom is -0.411 e. The summed E-state index contributed by atoms with van der Waals surface area (Å²) in [4.78, 5) is 0. The van der Waals surface area contributed by atoms with Crippen LogP contribution >= 0.6 is 0 Å². The van der Waals surface area contributed by atoms with Crippen LogP contribution in [0, 0.1) is 0 Å². The molecule has 0 aliphatic heterocycles. The van der Waals surface area contributed by atoms with Crippen molar-refractivity contribution >= 4 is 5.71 Å². The fraction of sp³-hybridized carbons (Fsp3) is 0.500. The van der Waals surface area contributed by atoms with Gasteiger partial charge in [-0.2, -0.15) is 0 Å². The van der Waals surface area contributed by atoms with E-state index in [0.717, 1.165) is 0 Å². The van der Waals surface area contributed by atoms with Crippen LogP contribution in [0.25, 0.3) is 0 Å². The van der Waals surface area contributed by atoms with E-state index in [1.807, 2.05) is 0 Å². The van der Waals surface area contributed by atoms with E-state index in [9.17, 15) is 5.11 Å². The van der Waals surface area contributed by atoms with Gasteiger partial charge in [0, 0.05) is 12.8 Å². The Morgan fingerprint density at radius 3 is 3.00 bits per heavy atom. The van der Waals surface area contributed by atoms with Gasteiger partial charge in [-0.1, -0.05) is 10.3 Å². The lowest BCUT2D eigenvalue weighted by atomic mass is 9.97. The number of hydrogen-bond donors (Lipinski definition) is 2. The van der Waals surface area contributed by atoms with Crippen LogP contribution in [0.4, 0.5) is 0 Å². The SMILES string of the molecule is O/N=C1\C[C@H](O)Cc2nonc21. The molecule has 0 amide bonds. The number of aromatic nitrogens is 2. The molecule has 0 aromatic carbocycles. The minimum absolute atomic E-state index is 0.289. The van der Waals surface area contributed by atoms with E-state index >= 15 is 0 Å². The summed E-state index contributed by atoms with van der Waals surface area (Å²) in [5, 5.41) is 27.9. The first-order chi connectivity index (χ1) is 5.81. The van der Waals surface area contributed by atoms with Gasteiger partial charge in [-0.25, -0.2) is 4.63 Å². The maximum atomic E-state index is 9.27. The molecule has 0 saturated heterocycles. The van der Waals surface area contributed by atoms with Gasteiger partial charge in [0.2, 0.25) is 0 Å². The number of hydrogen-bond acceptors (Lipinski definition) is 6. The van der Waals surface area contributed by atoms with E-state index in [1.54, 1.807) is 0 Å². The van der Waals surface area contributed by atoms with Crippen LogP contribution < -0.4 is 0 Å². The number of fused-ring (bicyclic) bond motifs is 1. The smallest absolute Gasteiger partial charge is 0.156 e. The molecule has 6 heteroatoms. The standard InChI is InChI=1S/C6H7N3O3/c10-3-1-4(7-11)6-5(2-3)8-12-9-6/h3,10-11H,1-2H2/b7-4+/t3-/m0/s1. The third-order valence-electron chi connectivity index (χ3n) is 1.81. The Balaban J connectivity index is 2.45. The largest absolute Gasteiger partial charge is 0.411 e. The molecule has 12 heavy (non-hydrogen) atoms. The van der Waals surface area contributed by atoms with Gasteiger partial charge in [0.15, 0.2) is 5.69 Å². The van der Waals surface area contributed by atoms with Gasteiger partial charge in [-0.3, -0.25) is 0 Å². The van der Waals surface area contributed by atoms with E-state index in [1.165, 1.54) is 0 Å². The molecule has 0 saturated carbocycles. The van der Waals surface area contributed by atoms with Crippen molar-refractivity contribution in [1.29, 1.82) is 0 Å². The van der Waals surface area contributed by atoms with Gasteiger partial charge in [0.05, 0.1) is 6.10 Å². The highest BCUT2D eigenvalue weighted by Crippen LogP contribution is 2.18. The Kier molecular flexibility index (Phi) is 1.54. The third-order valence-corrected chi connectivity index (χ3v) is 1.81. The van der Waals surface area contributed by atoms with Gasteiger partial charge in [-0.05, 0) is 5.16 Å². The molecule has 0 fully saturated rings. The topological polar surface area (TPSA) is 91.7 Å². The van der Waals surface area contributed by atoms with Crippen molar-refractivity contribution in [2.24, 2.45) is 5.16 Å². The second-order valence-electron chi connectivity index (χ2n) is 2.67. The zero-order valence-electron chi connectivity index (χ0n) is 6.14. The molecule has 2 N–H and O–H groups in total. The fourth-order valence-corrected chi connectivity index (χ4v) is 1.26. The highest BCUT2D eigenvalue weighted by molar-refractivity contribution is 6.00. The van der Waals surface area contributed by atoms with Crippen LogP contribution in [0.2, 0.25) is 0 Å². The molecule has 6 nitrogen and oxygen atoms in total. The molecule has 1 heterocycles. The fourth-order valence-electron chi connectivity index (χ4n) is 1.26. The average molecular weight is 169 g/mol. The van der Waals surface area contributed by atoms with Crippen molar-refractivity contribution in [2.75, 3.05) is 0 Å². The average Bonchev–Trinajstić information content (AvgIpc) is 2.50. The molecule has 1 aliphatic carbocycles. The number of aliphatic hydroxyl groups is 1. The molecule has 1 atom stereocenters. The predicted molar refractivity (Wildman–Crippen MR) is 36.9 cm³/mol. The van der Waals surface area contributed by atoms with Crippen molar-refractivity contribution in [3.8, 4) is 0 Å². The molecule has 0 spiro atoms. The minimum atomic E-state index is -0.560. The lowest BCUT2D eigenvalue weighted by Gasteiger charge is -2.13. The summed E-state index contributed by atoms with van der Waals surface area (Å²) in [7, 11) is 0. The molecular weight excluding hydrogens is 162 g/mol. The Hall–Kier alpha value is -1.43. The van der Waals surface area contributed by atoms with E-state index in [0.29, 0.717) is 23.5 Å². The lowest BCUT2D eigenvalue weighted by Crippen LogP contribution is -2.24. The van der Waals surface area contributed by atoms with E-state index in [2.05, 4.69) is 20.1 Å². The Morgan fingerprint density at radius 2 is 2.25 bits per heavy atom. The highest BCUT2D eigenvalue weighted by atomic mass is 16.6. The van der Waals surface area contributed by atoms with Gasteiger partial charge in [0.1, 0.15) is 11.4 Å². The van der Waals surface area contributed by atoms with Crippen molar-refractivity contribution in [2.45, 2.75) is 18.9 Å². The zero-order valence-corrected chi connectivity index (χ0v) is 6.14. The van der Waals surface area contributed by atoms with Gasteiger partial charge in [0.25, 0.3) is 0 Å². The quantitative estimate of drug-likeness (QED) is 0.405. The van der Waals surface area contributed by atoms with Gasteiger partial charge < -0.3 is 10.3 Å². The molecule has 0 unspecified atom stereocenters. The van der Waals surface area contributed by atoms with Crippen LogP contribution in [0.3, 0.4) is 0 Å². The summed E-state index contributed by atoms with van der Waals surface area (Å²) in [6, 6.07) is 0. The Labute approximate surface area is 67.5 Å². The summed E-state index contributed by atoms with van der Waals surface area (Å²) in [6.45, 7) is 0. The molecule has 1 aliphatic rings. The Bertz CT molecular complexity index is 320. The molecular formula is C6H7N3O3. The lowest BCUT2D eigenvalue weighted by molar-refractivity contribution is 0.175. The summed E-state index contributed by atoms with van der Waals surface area (Å²) >= 11 is 0. The van der Waals surface area contributed by atoms with Crippen molar-refractivity contribution in [3.63, 3.8) is 0 Å². The monoisotopic (exact) mass is 169 g/mol. The summed E-state index contributed by atoms with van der Waals surface area (Å²) in [5.74, 6) is 0. The van der Waals surface area contributed by atoms with Crippen LogP contribution in [0.15, 0.2) is 9.78 Å². The van der Waals surface area contributed by atoms with E-state index in [-0.39, 0.29) is 6.42 Å². The maximum Gasteiger partial charge on any atom is 0.156 e. The number of aliphatic hydroxyl groups excluding tert-OH is 1. The van der Waals surface area contributed by atoms with Crippen LogP contribution in [0.5, 0.6) is 0 Å². The van der Waals surface area contributed by atoms with Crippen molar-refractivity contribution < 1.29 is 14.9 Å². The van der Waals surface area contributed by atoms with Crippen molar-refractivity contribution in [3.05, 3.63) is 11.4 Å². The molecule has 0 radical (unpaired) electrons. The predicted octanol–water partition coefficient (Wildman–Crippen LogP) is -0.445. The normalized spacial score (nSPS) is 25.8. The van der Waals surface area contributed by atoms with E-state index in [4.69, 9.17) is 5.21 Å². The van der Waals surface area contributed by atoms with E-state index < -0.39 is 6.10 Å². The van der Waals surface area contributed by atoms with Gasteiger partial charge >= 0.3 is 0 Å². The summed E-state index contributed by atoms with van der Waals surface area (Å²) in [5.41, 5.74) is 1.31. The zero-order chi connectivity index (χ0) is 8.55. The number of rotatable bonds is 0. The molecule has 64 valence electrons. The van der Waals surface area contributed by atoms with Crippen LogP contribution in [-0.4, -0.2) is 32.4 Å². The van der Waals surface area contributed by atoms with Crippen molar-refractivity contribution in [1.82, 2.24) is 10.3 Å². The maximum absolute atomic E-state index is 9.27. The van der Waals surface area contributed by atoms with Crippen LogP contribution in [-0.2, 0) is 6.42 Å². The molecule has 0 bridgehead atoms. The van der Waals surface area contributed by atoms with Crippen LogP contribution in [0.1, 0.15) is 17.8 Å². The second-order valence-corrected chi connectivity index (χ2v) is 2.67. The Morgan fingerprint density at radius 1 is 1.42 bits per heavy atom. The molecule has 1 aromatic heterocycles. The highest BCUT2D eigenvalue weighted by Gasteiger charge is 2.27. The second kappa shape index (κ2) is 2.56. The molecule has 2 rings (SSSR count).